The molecule has 0 unspecified atom stereocenters. The largest absolute Gasteiger partial charge is 0.396 e. The van der Waals surface area contributed by atoms with Gasteiger partial charge < -0.3 is 11.1 Å². The van der Waals surface area contributed by atoms with Crippen LogP contribution in [0.3, 0.4) is 0 Å². The predicted octanol–water partition coefficient (Wildman–Crippen LogP) is 1.98. The van der Waals surface area contributed by atoms with E-state index in [2.05, 4.69) is 0 Å². The third-order valence-electron chi connectivity index (χ3n) is 2.30. The topological polar surface area (TPSA) is 72.2 Å². The Morgan fingerprint density at radius 1 is 1.37 bits per heavy atom. The summed E-state index contributed by atoms with van der Waals surface area (Å²) < 4.78 is 72.1. The maximum atomic E-state index is 12.7. The molecular weight excluding hydrogens is 288 g/mol. The number of para-hydroxylation sites is 1. The number of benzene rings is 1. The van der Waals surface area contributed by atoms with Gasteiger partial charge in [0.05, 0.1) is 22.8 Å². The first-order chi connectivity index (χ1) is 8.55. The van der Waals surface area contributed by atoms with E-state index in [-0.39, 0.29) is 16.3 Å². The lowest BCUT2D eigenvalue weighted by molar-refractivity contribution is -0.117. The number of halogens is 4. The Labute approximate surface area is 107 Å². The van der Waals surface area contributed by atoms with Crippen LogP contribution in [0.1, 0.15) is 0 Å². The second-order valence-electron chi connectivity index (χ2n) is 3.90. The van der Waals surface area contributed by atoms with Crippen LogP contribution in [-0.2, 0) is 9.84 Å². The van der Waals surface area contributed by atoms with Crippen LogP contribution in [0, 0.1) is 0 Å². The molecule has 0 aliphatic rings. The molecule has 0 saturated carbocycles. The predicted molar refractivity (Wildman–Crippen MR) is 63.4 cm³/mol. The first-order valence-corrected chi connectivity index (χ1v) is 6.93. The lowest BCUT2D eigenvalue weighted by atomic mass is 10.2. The highest BCUT2D eigenvalue weighted by molar-refractivity contribution is 7.90. The van der Waals surface area contributed by atoms with Gasteiger partial charge in [-0.1, -0.05) is 6.07 Å². The van der Waals surface area contributed by atoms with Gasteiger partial charge in [0.1, 0.15) is 0 Å². The molecule has 1 aromatic carbocycles. The van der Waals surface area contributed by atoms with Crippen LogP contribution in [0.15, 0.2) is 23.1 Å². The number of sulfone groups is 1. The average Bonchev–Trinajstić information content (AvgIpc) is 2.25. The van der Waals surface area contributed by atoms with Gasteiger partial charge >= 0.3 is 12.3 Å². The zero-order valence-corrected chi connectivity index (χ0v) is 10.6. The molecule has 0 bridgehead atoms. The Hall–Kier alpha value is -1.51. The summed E-state index contributed by atoms with van der Waals surface area (Å²) in [5.41, 5.74) is 5.08. The van der Waals surface area contributed by atoms with E-state index in [0.717, 1.165) is 6.26 Å². The van der Waals surface area contributed by atoms with Crippen LogP contribution < -0.4 is 11.1 Å². The Balaban J connectivity index is 2.99. The van der Waals surface area contributed by atoms with Crippen molar-refractivity contribution < 1.29 is 26.0 Å². The highest BCUT2D eigenvalue weighted by Gasteiger charge is 2.40. The maximum Gasteiger partial charge on any atom is 0.324 e. The van der Waals surface area contributed by atoms with Gasteiger partial charge in [-0.25, -0.2) is 17.2 Å². The van der Waals surface area contributed by atoms with Crippen molar-refractivity contribution in [1.82, 2.24) is 0 Å². The van der Waals surface area contributed by atoms with Gasteiger partial charge in [-0.15, -0.1) is 0 Å². The number of alkyl halides is 4. The maximum absolute atomic E-state index is 12.7. The van der Waals surface area contributed by atoms with Gasteiger partial charge in [0.25, 0.3) is 0 Å². The number of nitrogens with two attached hydrogens (primary N) is 1. The van der Waals surface area contributed by atoms with Crippen molar-refractivity contribution in [2.75, 3.05) is 23.9 Å². The summed E-state index contributed by atoms with van der Waals surface area (Å²) in [6, 6.07) is 3.70. The number of hydrogen-bond donors (Lipinski definition) is 2. The molecule has 9 heteroatoms. The van der Waals surface area contributed by atoms with Crippen LogP contribution in [0.5, 0.6) is 0 Å². The number of nitrogen functional groups attached to an aromatic ring is 1. The number of anilines is 2. The third kappa shape index (κ3) is 3.72. The van der Waals surface area contributed by atoms with E-state index in [0.29, 0.717) is 0 Å². The lowest BCUT2D eigenvalue weighted by Gasteiger charge is -2.18. The molecule has 108 valence electrons. The van der Waals surface area contributed by atoms with Gasteiger partial charge in [-0.05, 0) is 12.1 Å². The lowest BCUT2D eigenvalue weighted by Crippen LogP contribution is -2.35. The fourth-order valence-corrected chi connectivity index (χ4v) is 2.15. The van der Waals surface area contributed by atoms with E-state index < -0.39 is 28.7 Å². The van der Waals surface area contributed by atoms with E-state index in [4.69, 9.17) is 5.73 Å². The van der Waals surface area contributed by atoms with E-state index >= 15 is 0 Å². The zero-order valence-electron chi connectivity index (χ0n) is 9.83. The van der Waals surface area contributed by atoms with Crippen molar-refractivity contribution in [2.45, 2.75) is 17.2 Å². The van der Waals surface area contributed by atoms with Crippen molar-refractivity contribution in [2.24, 2.45) is 0 Å². The molecule has 0 amide bonds. The molecule has 0 saturated heterocycles. The van der Waals surface area contributed by atoms with Crippen LogP contribution >= 0.6 is 0 Å². The molecule has 0 fully saturated rings. The van der Waals surface area contributed by atoms with Crippen molar-refractivity contribution in [1.29, 1.82) is 0 Å². The minimum absolute atomic E-state index is 0.136. The van der Waals surface area contributed by atoms with Crippen LogP contribution in [-0.4, -0.2) is 33.6 Å². The molecule has 0 aromatic heterocycles. The standard InChI is InChI=1S/C10H12F4N2O2S/c1-19(17,18)7-4-2-3-6(8(7)15)16-5-10(13,14)9(11)12/h2-4,9,16H,5,15H2,1H3. The minimum atomic E-state index is -4.23. The molecular formula is C10H12F4N2O2S. The molecule has 1 rings (SSSR count). The molecule has 1 aromatic rings. The van der Waals surface area contributed by atoms with E-state index in [1.165, 1.54) is 18.2 Å². The third-order valence-corrected chi connectivity index (χ3v) is 3.45. The fourth-order valence-electron chi connectivity index (χ4n) is 1.31. The summed E-state index contributed by atoms with van der Waals surface area (Å²) in [7, 11) is -3.63. The summed E-state index contributed by atoms with van der Waals surface area (Å²) in [5.74, 6) is -4.23. The van der Waals surface area contributed by atoms with Crippen LogP contribution in [0.2, 0.25) is 0 Å². The number of hydrogen-bond acceptors (Lipinski definition) is 4. The molecule has 0 spiro atoms. The van der Waals surface area contributed by atoms with Gasteiger partial charge in [-0.2, -0.15) is 8.78 Å². The number of nitrogens with one attached hydrogen (secondary N) is 1. The second-order valence-corrected chi connectivity index (χ2v) is 5.89. The Morgan fingerprint density at radius 3 is 2.42 bits per heavy atom. The quantitative estimate of drug-likeness (QED) is 0.644. The molecule has 0 atom stereocenters. The average molecular weight is 300 g/mol. The Kier molecular flexibility index (Phi) is 4.28. The highest BCUT2D eigenvalue weighted by atomic mass is 32.2. The molecule has 4 nitrogen and oxygen atoms in total. The smallest absolute Gasteiger partial charge is 0.324 e. The van der Waals surface area contributed by atoms with Crippen molar-refractivity contribution in [3.05, 3.63) is 18.2 Å². The summed E-state index contributed by atoms with van der Waals surface area (Å²) in [6.07, 6.45) is -2.92. The Morgan fingerprint density at radius 2 is 1.95 bits per heavy atom. The van der Waals surface area contributed by atoms with E-state index in [1.807, 2.05) is 5.32 Å². The summed E-state index contributed by atoms with van der Waals surface area (Å²) in [4.78, 5) is -0.252. The SMILES string of the molecule is CS(=O)(=O)c1cccc(NCC(F)(F)C(F)F)c1N. The van der Waals surface area contributed by atoms with E-state index in [1.54, 1.807) is 0 Å². The summed E-state index contributed by atoms with van der Waals surface area (Å²) in [6.45, 7) is -1.35. The number of rotatable bonds is 5. The Bertz CT molecular complexity index is 561. The molecule has 19 heavy (non-hydrogen) atoms. The van der Waals surface area contributed by atoms with Crippen molar-refractivity contribution >= 4 is 21.2 Å². The second kappa shape index (κ2) is 5.24. The minimum Gasteiger partial charge on any atom is -0.396 e. The normalized spacial score (nSPS) is 12.7. The zero-order chi connectivity index (χ0) is 14.8. The van der Waals surface area contributed by atoms with Gasteiger partial charge in [-0.3, -0.25) is 0 Å². The highest BCUT2D eigenvalue weighted by Crippen LogP contribution is 2.29. The molecule has 3 N–H and O–H groups in total. The van der Waals surface area contributed by atoms with Crippen LogP contribution in [0.4, 0.5) is 28.9 Å². The fraction of sp³-hybridized carbons (Fsp3) is 0.400. The molecule has 0 heterocycles. The molecule has 0 aliphatic heterocycles. The molecule has 0 aliphatic carbocycles. The first-order valence-electron chi connectivity index (χ1n) is 5.04. The summed E-state index contributed by atoms with van der Waals surface area (Å²) >= 11 is 0. The van der Waals surface area contributed by atoms with Crippen LogP contribution in [0.25, 0.3) is 0 Å². The van der Waals surface area contributed by atoms with Gasteiger partial charge in [0.2, 0.25) is 0 Å². The first kappa shape index (κ1) is 15.5. The summed E-state index contributed by atoms with van der Waals surface area (Å²) in [5, 5.41) is 2.03. The van der Waals surface area contributed by atoms with Gasteiger partial charge in [0, 0.05) is 6.26 Å². The molecule has 0 radical (unpaired) electrons. The van der Waals surface area contributed by atoms with Gasteiger partial charge in [0.15, 0.2) is 9.84 Å². The van der Waals surface area contributed by atoms with Crippen molar-refractivity contribution in [3.8, 4) is 0 Å². The van der Waals surface area contributed by atoms with Crippen molar-refractivity contribution in [3.63, 3.8) is 0 Å². The monoisotopic (exact) mass is 300 g/mol. The van der Waals surface area contributed by atoms with E-state index in [9.17, 15) is 26.0 Å².